The third-order valence-corrected chi connectivity index (χ3v) is 4.05. The van der Waals surface area contributed by atoms with E-state index >= 15 is 0 Å². The van der Waals surface area contributed by atoms with E-state index < -0.39 is 5.97 Å². The minimum absolute atomic E-state index is 0.0341. The van der Waals surface area contributed by atoms with Crippen molar-refractivity contribution < 1.29 is 9.90 Å². The summed E-state index contributed by atoms with van der Waals surface area (Å²) in [6.45, 7) is 2.00. The van der Waals surface area contributed by atoms with E-state index in [1.165, 1.54) is 0 Å². The van der Waals surface area contributed by atoms with E-state index in [1.807, 2.05) is 61.5 Å². The van der Waals surface area contributed by atoms with Gasteiger partial charge in [0, 0.05) is 0 Å². The monoisotopic (exact) mass is 302 g/mol. The summed E-state index contributed by atoms with van der Waals surface area (Å²) in [6.07, 6.45) is 0.0341. The Morgan fingerprint density at radius 2 is 1.39 bits per heavy atom. The van der Waals surface area contributed by atoms with E-state index in [4.69, 9.17) is 0 Å². The Morgan fingerprint density at radius 1 is 0.826 bits per heavy atom. The molecule has 0 aliphatic heterocycles. The molecule has 0 bridgehead atoms. The average Bonchev–Trinajstić information content (AvgIpc) is 2.58. The molecule has 0 radical (unpaired) electrons. The molecule has 114 valence electrons. The Kier molecular flexibility index (Phi) is 4.24. The van der Waals surface area contributed by atoms with Gasteiger partial charge in [0.15, 0.2) is 0 Å². The summed E-state index contributed by atoms with van der Waals surface area (Å²) in [6, 6.07) is 24.3. The standard InChI is InChI=1S/C21H18O2/c1-15-18(14-21(22)23)12-19(16-8-4-2-5-9-16)13-20(15)17-10-6-3-7-11-17/h2-13H,14H2,1H3,(H,22,23). The quantitative estimate of drug-likeness (QED) is 0.740. The van der Waals surface area contributed by atoms with Crippen LogP contribution >= 0.6 is 0 Å². The van der Waals surface area contributed by atoms with Gasteiger partial charge in [0.25, 0.3) is 0 Å². The molecule has 0 aromatic heterocycles. The van der Waals surface area contributed by atoms with E-state index in [9.17, 15) is 9.90 Å². The molecule has 23 heavy (non-hydrogen) atoms. The Hall–Kier alpha value is -2.87. The topological polar surface area (TPSA) is 37.3 Å². The fourth-order valence-corrected chi connectivity index (χ4v) is 2.84. The lowest BCUT2D eigenvalue weighted by Gasteiger charge is -2.14. The van der Waals surface area contributed by atoms with Crippen molar-refractivity contribution in [2.75, 3.05) is 0 Å². The van der Waals surface area contributed by atoms with Crippen LogP contribution in [0.15, 0.2) is 72.8 Å². The van der Waals surface area contributed by atoms with Crippen LogP contribution < -0.4 is 0 Å². The van der Waals surface area contributed by atoms with Crippen molar-refractivity contribution in [3.63, 3.8) is 0 Å². The van der Waals surface area contributed by atoms with Crippen molar-refractivity contribution in [1.82, 2.24) is 0 Å². The van der Waals surface area contributed by atoms with Crippen LogP contribution in [0.1, 0.15) is 11.1 Å². The van der Waals surface area contributed by atoms with Crippen molar-refractivity contribution in [3.05, 3.63) is 83.9 Å². The van der Waals surface area contributed by atoms with Crippen molar-refractivity contribution >= 4 is 5.97 Å². The highest BCUT2D eigenvalue weighted by molar-refractivity contribution is 5.80. The Balaban J connectivity index is 2.20. The van der Waals surface area contributed by atoms with Gasteiger partial charge in [0.1, 0.15) is 0 Å². The number of carbonyl (C=O) groups is 1. The maximum Gasteiger partial charge on any atom is 0.307 e. The molecule has 1 N–H and O–H groups in total. The van der Waals surface area contributed by atoms with Gasteiger partial charge in [-0.2, -0.15) is 0 Å². The summed E-state index contributed by atoms with van der Waals surface area (Å²) in [5.74, 6) is -0.808. The first-order chi connectivity index (χ1) is 11.1. The number of rotatable bonds is 4. The lowest BCUT2D eigenvalue weighted by Crippen LogP contribution is -2.03. The third kappa shape index (κ3) is 3.32. The fraction of sp³-hybridized carbons (Fsp3) is 0.0952. The van der Waals surface area contributed by atoms with Gasteiger partial charge in [-0.15, -0.1) is 0 Å². The second-order valence-electron chi connectivity index (χ2n) is 5.61. The average molecular weight is 302 g/mol. The van der Waals surface area contributed by atoms with Gasteiger partial charge in [-0.25, -0.2) is 0 Å². The molecule has 2 heteroatoms. The fourth-order valence-electron chi connectivity index (χ4n) is 2.84. The molecule has 0 atom stereocenters. The molecule has 0 aliphatic carbocycles. The molecule has 3 aromatic carbocycles. The number of aliphatic carboxylic acids is 1. The zero-order valence-electron chi connectivity index (χ0n) is 13.0. The first kappa shape index (κ1) is 15.0. The predicted molar refractivity (Wildman–Crippen MR) is 93.4 cm³/mol. The predicted octanol–water partition coefficient (Wildman–Crippen LogP) is 4.96. The van der Waals surface area contributed by atoms with E-state index in [-0.39, 0.29) is 6.42 Å². The third-order valence-electron chi connectivity index (χ3n) is 4.05. The van der Waals surface area contributed by atoms with Crippen LogP contribution in [-0.4, -0.2) is 11.1 Å². The van der Waals surface area contributed by atoms with Crippen molar-refractivity contribution in [3.8, 4) is 22.3 Å². The molecule has 0 fully saturated rings. The Bertz CT molecular complexity index is 821. The Labute approximate surface area is 136 Å². The zero-order valence-corrected chi connectivity index (χ0v) is 13.0. The lowest BCUT2D eigenvalue weighted by molar-refractivity contribution is -0.136. The highest BCUT2D eigenvalue weighted by Crippen LogP contribution is 2.32. The summed E-state index contributed by atoms with van der Waals surface area (Å²) in [7, 11) is 0. The van der Waals surface area contributed by atoms with Crippen LogP contribution in [-0.2, 0) is 11.2 Å². The number of carboxylic acid groups (broad SMARTS) is 1. The highest BCUT2D eigenvalue weighted by atomic mass is 16.4. The largest absolute Gasteiger partial charge is 0.481 e. The summed E-state index contributed by atoms with van der Waals surface area (Å²) in [5, 5.41) is 9.21. The maximum absolute atomic E-state index is 11.2. The van der Waals surface area contributed by atoms with Gasteiger partial charge in [0.2, 0.25) is 0 Å². The maximum atomic E-state index is 11.2. The molecule has 0 amide bonds. The van der Waals surface area contributed by atoms with Crippen LogP contribution in [0.2, 0.25) is 0 Å². The van der Waals surface area contributed by atoms with Gasteiger partial charge in [-0.05, 0) is 46.4 Å². The van der Waals surface area contributed by atoms with Gasteiger partial charge in [0.05, 0.1) is 6.42 Å². The molecule has 0 heterocycles. The van der Waals surface area contributed by atoms with E-state index in [1.54, 1.807) is 0 Å². The summed E-state index contributed by atoms with van der Waals surface area (Å²) >= 11 is 0. The van der Waals surface area contributed by atoms with Crippen LogP contribution in [0.25, 0.3) is 22.3 Å². The van der Waals surface area contributed by atoms with Gasteiger partial charge >= 0.3 is 5.97 Å². The van der Waals surface area contributed by atoms with E-state index in [0.717, 1.165) is 33.4 Å². The van der Waals surface area contributed by atoms with Crippen molar-refractivity contribution in [2.24, 2.45) is 0 Å². The molecule has 2 nitrogen and oxygen atoms in total. The summed E-state index contributed by atoms with van der Waals surface area (Å²) in [4.78, 5) is 11.2. The first-order valence-electron chi connectivity index (χ1n) is 7.61. The van der Waals surface area contributed by atoms with Crippen LogP contribution in [0.5, 0.6) is 0 Å². The summed E-state index contributed by atoms with van der Waals surface area (Å²) < 4.78 is 0. The number of hydrogen-bond donors (Lipinski definition) is 1. The Morgan fingerprint density at radius 3 is 1.96 bits per heavy atom. The van der Waals surface area contributed by atoms with Crippen molar-refractivity contribution in [1.29, 1.82) is 0 Å². The molecular formula is C21H18O2. The van der Waals surface area contributed by atoms with Crippen LogP contribution in [0.4, 0.5) is 0 Å². The molecule has 0 aliphatic rings. The number of benzene rings is 3. The van der Waals surface area contributed by atoms with E-state index in [0.29, 0.717) is 0 Å². The SMILES string of the molecule is Cc1c(CC(=O)O)cc(-c2ccccc2)cc1-c1ccccc1. The smallest absolute Gasteiger partial charge is 0.307 e. The zero-order chi connectivity index (χ0) is 16.2. The van der Waals surface area contributed by atoms with Crippen molar-refractivity contribution in [2.45, 2.75) is 13.3 Å². The number of hydrogen-bond acceptors (Lipinski definition) is 1. The molecular weight excluding hydrogens is 284 g/mol. The first-order valence-corrected chi connectivity index (χ1v) is 7.61. The molecule has 0 saturated heterocycles. The normalized spacial score (nSPS) is 10.5. The molecule has 0 spiro atoms. The molecule has 3 aromatic rings. The minimum atomic E-state index is -0.808. The van der Waals surface area contributed by atoms with Crippen LogP contribution in [0, 0.1) is 6.92 Å². The summed E-state index contributed by atoms with van der Waals surface area (Å²) in [5.41, 5.74) is 6.22. The molecule has 0 saturated carbocycles. The number of carboxylic acids is 1. The molecule has 3 rings (SSSR count). The second-order valence-corrected chi connectivity index (χ2v) is 5.61. The van der Waals surface area contributed by atoms with Gasteiger partial charge < -0.3 is 5.11 Å². The van der Waals surface area contributed by atoms with Gasteiger partial charge in [-0.3, -0.25) is 4.79 Å². The second kappa shape index (κ2) is 6.49. The van der Waals surface area contributed by atoms with Crippen LogP contribution in [0.3, 0.4) is 0 Å². The van der Waals surface area contributed by atoms with Gasteiger partial charge in [-0.1, -0.05) is 66.7 Å². The highest BCUT2D eigenvalue weighted by Gasteiger charge is 2.12. The van der Waals surface area contributed by atoms with E-state index in [2.05, 4.69) is 18.2 Å². The molecule has 0 unspecified atom stereocenters. The lowest BCUT2D eigenvalue weighted by atomic mass is 9.90. The minimum Gasteiger partial charge on any atom is -0.481 e.